The van der Waals surface area contributed by atoms with E-state index < -0.39 is 5.97 Å². The molecule has 1 amide bonds. The third kappa shape index (κ3) is 4.27. The van der Waals surface area contributed by atoms with Crippen molar-refractivity contribution in [2.45, 2.75) is 44.1 Å². The van der Waals surface area contributed by atoms with E-state index in [4.69, 9.17) is 5.11 Å². The summed E-state index contributed by atoms with van der Waals surface area (Å²) in [6.07, 6.45) is 3.27. The summed E-state index contributed by atoms with van der Waals surface area (Å²) in [6.45, 7) is 0. The van der Waals surface area contributed by atoms with Crippen molar-refractivity contribution in [2.24, 2.45) is 0 Å². The summed E-state index contributed by atoms with van der Waals surface area (Å²) in [5.41, 5.74) is 3.30. The fourth-order valence-electron chi connectivity index (χ4n) is 3.57. The van der Waals surface area contributed by atoms with Crippen LogP contribution >= 0.6 is 0 Å². The van der Waals surface area contributed by atoms with E-state index in [9.17, 15) is 9.59 Å². The highest BCUT2D eigenvalue weighted by Crippen LogP contribution is 2.32. The average Bonchev–Trinajstić information content (AvgIpc) is 2.65. The van der Waals surface area contributed by atoms with Crippen molar-refractivity contribution >= 4 is 11.9 Å². The van der Waals surface area contributed by atoms with Crippen LogP contribution in [0.2, 0.25) is 0 Å². The van der Waals surface area contributed by atoms with Crippen molar-refractivity contribution in [2.75, 3.05) is 0 Å². The number of carboxylic acid groups (broad SMARTS) is 1. The zero-order valence-corrected chi connectivity index (χ0v) is 14.2. The van der Waals surface area contributed by atoms with Gasteiger partial charge < -0.3 is 10.4 Å². The second-order valence-electron chi connectivity index (χ2n) is 6.55. The van der Waals surface area contributed by atoms with Gasteiger partial charge in [-0.3, -0.25) is 9.59 Å². The summed E-state index contributed by atoms with van der Waals surface area (Å²) in [4.78, 5) is 23.9. The standard InChI is InChI=1S/C21H23NO3/c23-20(24)14-13-19(16-8-2-1-3-9-16)22-21(25)18-12-6-10-15-7-4-5-11-17(15)18/h1-5,7-9,11,18-19H,6,10,12-14H2,(H,22,25)(H,23,24). The van der Waals surface area contributed by atoms with Crippen molar-refractivity contribution in [1.82, 2.24) is 5.32 Å². The van der Waals surface area contributed by atoms with Crippen LogP contribution in [0.15, 0.2) is 54.6 Å². The van der Waals surface area contributed by atoms with E-state index in [2.05, 4.69) is 11.4 Å². The number of benzene rings is 2. The smallest absolute Gasteiger partial charge is 0.303 e. The van der Waals surface area contributed by atoms with Gasteiger partial charge in [-0.15, -0.1) is 0 Å². The Labute approximate surface area is 147 Å². The molecule has 3 rings (SSSR count). The van der Waals surface area contributed by atoms with Crippen LogP contribution in [0.5, 0.6) is 0 Å². The van der Waals surface area contributed by atoms with Crippen molar-refractivity contribution in [3.63, 3.8) is 0 Å². The van der Waals surface area contributed by atoms with Crippen LogP contribution in [0.1, 0.15) is 54.3 Å². The molecule has 0 saturated carbocycles. The van der Waals surface area contributed by atoms with Gasteiger partial charge in [0.15, 0.2) is 0 Å². The molecular weight excluding hydrogens is 314 g/mol. The Bertz CT molecular complexity index is 742. The number of carboxylic acids is 1. The number of nitrogens with one attached hydrogen (secondary N) is 1. The van der Waals surface area contributed by atoms with Gasteiger partial charge in [-0.2, -0.15) is 0 Å². The Hall–Kier alpha value is -2.62. The fourth-order valence-corrected chi connectivity index (χ4v) is 3.57. The highest BCUT2D eigenvalue weighted by atomic mass is 16.4. The molecule has 1 aliphatic rings. The number of carbonyl (C=O) groups excluding carboxylic acids is 1. The summed E-state index contributed by atoms with van der Waals surface area (Å²) < 4.78 is 0. The normalized spacial score (nSPS) is 17.4. The molecule has 0 spiro atoms. The third-order valence-corrected chi connectivity index (χ3v) is 4.85. The van der Waals surface area contributed by atoms with Gasteiger partial charge in [-0.1, -0.05) is 54.6 Å². The summed E-state index contributed by atoms with van der Waals surface area (Å²) in [5.74, 6) is -1.01. The molecule has 0 radical (unpaired) electrons. The molecular formula is C21H23NO3. The SMILES string of the molecule is O=C(O)CCC(NC(=O)C1CCCc2ccccc21)c1ccccc1. The molecule has 2 N–H and O–H groups in total. The van der Waals surface area contributed by atoms with E-state index in [1.54, 1.807) is 0 Å². The molecule has 130 valence electrons. The van der Waals surface area contributed by atoms with Gasteiger partial charge in [-0.25, -0.2) is 0 Å². The van der Waals surface area contributed by atoms with Gasteiger partial charge in [0.2, 0.25) is 5.91 Å². The van der Waals surface area contributed by atoms with E-state index in [-0.39, 0.29) is 24.3 Å². The summed E-state index contributed by atoms with van der Waals surface area (Å²) in [5, 5.41) is 12.1. The lowest BCUT2D eigenvalue weighted by atomic mass is 9.82. The van der Waals surface area contributed by atoms with Crippen molar-refractivity contribution in [3.8, 4) is 0 Å². The van der Waals surface area contributed by atoms with Gasteiger partial charge >= 0.3 is 5.97 Å². The minimum Gasteiger partial charge on any atom is -0.481 e. The van der Waals surface area contributed by atoms with Crippen molar-refractivity contribution in [1.29, 1.82) is 0 Å². The molecule has 0 aliphatic heterocycles. The number of aliphatic carboxylic acids is 1. The van der Waals surface area contributed by atoms with Crippen LogP contribution in [0.3, 0.4) is 0 Å². The molecule has 2 atom stereocenters. The Morgan fingerprint density at radius 3 is 2.56 bits per heavy atom. The topological polar surface area (TPSA) is 66.4 Å². The van der Waals surface area contributed by atoms with Gasteiger partial charge in [0.05, 0.1) is 12.0 Å². The van der Waals surface area contributed by atoms with Crippen LogP contribution in [0.25, 0.3) is 0 Å². The third-order valence-electron chi connectivity index (χ3n) is 4.85. The Morgan fingerprint density at radius 2 is 1.80 bits per heavy atom. The molecule has 0 aromatic heterocycles. The number of fused-ring (bicyclic) bond motifs is 1. The first kappa shape index (κ1) is 17.2. The number of aryl methyl sites for hydroxylation is 1. The lowest BCUT2D eigenvalue weighted by molar-refractivity contribution is -0.137. The molecule has 1 aliphatic carbocycles. The Kier molecular flexibility index (Phi) is 5.49. The fraction of sp³-hybridized carbons (Fsp3) is 0.333. The highest BCUT2D eigenvalue weighted by molar-refractivity contribution is 5.84. The average molecular weight is 337 g/mol. The minimum absolute atomic E-state index is 0.00797. The first-order valence-electron chi connectivity index (χ1n) is 8.80. The van der Waals surface area contributed by atoms with Crippen LogP contribution < -0.4 is 5.32 Å². The van der Waals surface area contributed by atoms with Gasteiger partial charge in [0, 0.05) is 6.42 Å². The number of hydrogen-bond donors (Lipinski definition) is 2. The number of rotatable bonds is 6. The predicted octanol–water partition coefficient (Wildman–Crippen LogP) is 3.83. The zero-order valence-electron chi connectivity index (χ0n) is 14.2. The molecule has 4 heteroatoms. The molecule has 2 unspecified atom stereocenters. The lowest BCUT2D eigenvalue weighted by Gasteiger charge is -2.27. The maximum atomic E-state index is 12.9. The quantitative estimate of drug-likeness (QED) is 0.842. The zero-order chi connectivity index (χ0) is 17.6. The Balaban J connectivity index is 1.77. The number of carbonyl (C=O) groups is 2. The minimum atomic E-state index is -0.849. The van der Waals surface area contributed by atoms with E-state index in [1.807, 2.05) is 48.5 Å². The van der Waals surface area contributed by atoms with E-state index in [1.165, 1.54) is 5.56 Å². The second kappa shape index (κ2) is 7.97. The second-order valence-corrected chi connectivity index (χ2v) is 6.55. The predicted molar refractivity (Wildman–Crippen MR) is 96.3 cm³/mol. The first-order valence-corrected chi connectivity index (χ1v) is 8.80. The van der Waals surface area contributed by atoms with Crippen molar-refractivity contribution in [3.05, 3.63) is 71.3 Å². The molecule has 0 saturated heterocycles. The van der Waals surface area contributed by atoms with Crippen LogP contribution in [0.4, 0.5) is 0 Å². The maximum Gasteiger partial charge on any atom is 0.303 e. The van der Waals surface area contributed by atoms with Gasteiger partial charge in [-0.05, 0) is 42.4 Å². The van der Waals surface area contributed by atoms with Crippen molar-refractivity contribution < 1.29 is 14.7 Å². The van der Waals surface area contributed by atoms with Crippen LogP contribution in [-0.4, -0.2) is 17.0 Å². The van der Waals surface area contributed by atoms with E-state index in [0.717, 1.165) is 30.4 Å². The molecule has 0 fully saturated rings. The monoisotopic (exact) mass is 337 g/mol. The molecule has 25 heavy (non-hydrogen) atoms. The van der Waals surface area contributed by atoms with Gasteiger partial charge in [0.1, 0.15) is 0 Å². The highest BCUT2D eigenvalue weighted by Gasteiger charge is 2.28. The molecule has 0 bridgehead atoms. The maximum absolute atomic E-state index is 12.9. The van der Waals surface area contributed by atoms with Gasteiger partial charge in [0.25, 0.3) is 0 Å². The number of amides is 1. The van der Waals surface area contributed by atoms with Crippen LogP contribution in [-0.2, 0) is 16.0 Å². The first-order chi connectivity index (χ1) is 12.1. The van der Waals surface area contributed by atoms with E-state index >= 15 is 0 Å². The summed E-state index contributed by atoms with van der Waals surface area (Å²) >= 11 is 0. The summed E-state index contributed by atoms with van der Waals surface area (Å²) in [6, 6.07) is 17.4. The Morgan fingerprint density at radius 1 is 1.08 bits per heavy atom. The molecule has 0 heterocycles. The molecule has 2 aromatic carbocycles. The molecule has 4 nitrogen and oxygen atoms in total. The van der Waals surface area contributed by atoms with Crippen LogP contribution in [0, 0.1) is 0 Å². The van der Waals surface area contributed by atoms with E-state index in [0.29, 0.717) is 6.42 Å². The molecule has 2 aromatic rings. The summed E-state index contributed by atoms with van der Waals surface area (Å²) in [7, 11) is 0. The lowest BCUT2D eigenvalue weighted by Crippen LogP contribution is -2.34. The largest absolute Gasteiger partial charge is 0.481 e. The number of hydrogen-bond acceptors (Lipinski definition) is 2.